The van der Waals surface area contributed by atoms with Crippen LogP contribution in [0.15, 0.2) is 39.4 Å². The molecule has 2 heterocycles. The van der Waals surface area contributed by atoms with Crippen molar-refractivity contribution in [2.24, 2.45) is 0 Å². The van der Waals surface area contributed by atoms with Gasteiger partial charge in [-0.15, -0.1) is 11.6 Å². The van der Waals surface area contributed by atoms with Crippen LogP contribution >= 0.6 is 43.5 Å². The number of hydrogen-bond donors (Lipinski definition) is 0. The summed E-state index contributed by atoms with van der Waals surface area (Å²) in [7, 11) is 0. The first-order valence-corrected chi connectivity index (χ1v) is 8.45. The topological polar surface area (TPSA) is 30.7 Å². The summed E-state index contributed by atoms with van der Waals surface area (Å²) in [5, 5.41) is -0.224. The molecule has 2 aromatic heterocycles. The van der Waals surface area contributed by atoms with Crippen LogP contribution in [0.5, 0.6) is 0 Å². The fourth-order valence-electron chi connectivity index (χ4n) is 2.30. The van der Waals surface area contributed by atoms with Gasteiger partial charge in [-0.1, -0.05) is 6.07 Å². The van der Waals surface area contributed by atoms with Crippen molar-refractivity contribution in [2.45, 2.75) is 19.2 Å². The monoisotopic (exact) mass is 427 g/mol. The first-order chi connectivity index (χ1) is 10.0. The van der Waals surface area contributed by atoms with Gasteiger partial charge in [0.2, 0.25) is 0 Å². The Morgan fingerprint density at radius 3 is 2.48 bits per heavy atom. The molecular weight excluding hydrogens is 417 g/mol. The first kappa shape index (κ1) is 15.0. The molecule has 0 bridgehead atoms. The number of halogens is 3. The fourth-order valence-corrected chi connectivity index (χ4v) is 3.80. The van der Waals surface area contributed by atoms with Gasteiger partial charge >= 0.3 is 0 Å². The Bertz CT molecular complexity index is 807. The van der Waals surface area contributed by atoms with Crippen molar-refractivity contribution in [1.82, 2.24) is 14.5 Å². The molecule has 0 aliphatic carbocycles. The number of alkyl halides is 1. The Labute approximate surface area is 144 Å². The van der Waals surface area contributed by atoms with E-state index in [0.29, 0.717) is 0 Å². The van der Waals surface area contributed by atoms with E-state index in [4.69, 9.17) is 16.6 Å². The van der Waals surface area contributed by atoms with E-state index >= 15 is 0 Å². The lowest BCUT2D eigenvalue weighted by Gasteiger charge is -2.13. The van der Waals surface area contributed by atoms with Crippen LogP contribution in [0.2, 0.25) is 0 Å². The first-order valence-electron chi connectivity index (χ1n) is 6.43. The molecule has 0 spiro atoms. The van der Waals surface area contributed by atoms with Gasteiger partial charge in [-0.3, -0.25) is 4.57 Å². The number of para-hydroxylation sites is 1. The summed E-state index contributed by atoms with van der Waals surface area (Å²) in [6.45, 7) is 3.94. The molecule has 3 rings (SSSR count). The number of imidazole rings is 1. The maximum atomic E-state index is 6.34. The van der Waals surface area contributed by atoms with E-state index in [0.717, 1.165) is 37.2 Å². The van der Waals surface area contributed by atoms with E-state index in [2.05, 4.69) is 36.8 Å². The van der Waals surface area contributed by atoms with Crippen LogP contribution in [0.4, 0.5) is 0 Å². The molecule has 108 valence electrons. The normalized spacial score (nSPS) is 12.8. The predicted octanol–water partition coefficient (Wildman–Crippen LogP) is 5.55. The van der Waals surface area contributed by atoms with E-state index in [1.54, 1.807) is 6.20 Å². The molecule has 3 aromatic rings. The Hall–Kier alpha value is -0.910. The summed E-state index contributed by atoms with van der Waals surface area (Å²) in [5.74, 6) is 0.779. The summed E-state index contributed by atoms with van der Waals surface area (Å²) in [6, 6.07) is 7.91. The van der Waals surface area contributed by atoms with Crippen molar-refractivity contribution in [1.29, 1.82) is 0 Å². The Balaban J connectivity index is 2.46. The molecule has 3 nitrogen and oxygen atoms in total. The van der Waals surface area contributed by atoms with E-state index in [1.807, 2.05) is 42.7 Å². The molecule has 0 saturated heterocycles. The highest BCUT2D eigenvalue weighted by Crippen LogP contribution is 2.35. The zero-order valence-electron chi connectivity index (χ0n) is 11.4. The third kappa shape index (κ3) is 2.51. The van der Waals surface area contributed by atoms with Crippen LogP contribution < -0.4 is 0 Å². The highest BCUT2D eigenvalue weighted by molar-refractivity contribution is 9.11. The zero-order valence-corrected chi connectivity index (χ0v) is 15.4. The lowest BCUT2D eigenvalue weighted by molar-refractivity contribution is 0.872. The molecule has 0 radical (unpaired) electrons. The second-order valence-electron chi connectivity index (χ2n) is 4.79. The highest BCUT2D eigenvalue weighted by Gasteiger charge is 2.21. The number of nitrogens with zero attached hydrogens (tertiary/aromatic N) is 3. The Kier molecular flexibility index (Phi) is 4.08. The van der Waals surface area contributed by atoms with Gasteiger partial charge in [0.25, 0.3) is 0 Å². The number of rotatable bonds is 2. The lowest BCUT2D eigenvalue weighted by atomic mass is 10.2. The van der Waals surface area contributed by atoms with Crippen LogP contribution in [-0.2, 0) is 0 Å². The Morgan fingerprint density at radius 2 is 1.86 bits per heavy atom. The minimum Gasteiger partial charge on any atom is -0.277 e. The van der Waals surface area contributed by atoms with Crippen molar-refractivity contribution in [3.8, 4) is 5.69 Å². The van der Waals surface area contributed by atoms with Crippen LogP contribution in [0, 0.1) is 6.92 Å². The van der Waals surface area contributed by atoms with Gasteiger partial charge in [-0.25, -0.2) is 9.97 Å². The zero-order chi connectivity index (χ0) is 15.1. The average molecular weight is 430 g/mol. The molecule has 0 amide bonds. The third-order valence-electron chi connectivity index (χ3n) is 3.29. The van der Waals surface area contributed by atoms with Crippen molar-refractivity contribution in [3.05, 3.63) is 50.8 Å². The summed E-state index contributed by atoms with van der Waals surface area (Å²) in [6.07, 6.45) is 1.79. The maximum Gasteiger partial charge on any atom is 0.165 e. The number of pyridine rings is 1. The number of aromatic nitrogens is 3. The van der Waals surface area contributed by atoms with Gasteiger partial charge in [0.05, 0.1) is 11.1 Å². The molecule has 0 N–H and O–H groups in total. The third-order valence-corrected chi connectivity index (χ3v) is 4.77. The smallest absolute Gasteiger partial charge is 0.165 e. The van der Waals surface area contributed by atoms with E-state index in [9.17, 15) is 0 Å². The van der Waals surface area contributed by atoms with Crippen molar-refractivity contribution < 1.29 is 0 Å². The minimum atomic E-state index is -0.224. The molecule has 1 aromatic carbocycles. The molecular formula is C15H12Br2ClN3. The SMILES string of the molecule is Cc1ccnc2c1nc(C(C)Cl)n2-c1c(Br)cccc1Br. The molecule has 1 atom stereocenters. The fraction of sp³-hybridized carbons (Fsp3) is 0.200. The largest absolute Gasteiger partial charge is 0.277 e. The van der Waals surface area contributed by atoms with Gasteiger partial charge in [0, 0.05) is 15.1 Å². The van der Waals surface area contributed by atoms with Crippen LogP contribution in [0.25, 0.3) is 16.9 Å². The van der Waals surface area contributed by atoms with Crippen LogP contribution in [0.3, 0.4) is 0 Å². The van der Waals surface area contributed by atoms with E-state index in [-0.39, 0.29) is 5.38 Å². The molecule has 0 aliphatic heterocycles. The summed E-state index contributed by atoms with van der Waals surface area (Å²) in [4.78, 5) is 9.20. The minimum absolute atomic E-state index is 0.224. The molecule has 6 heteroatoms. The standard InChI is InChI=1S/C15H12Br2ClN3/c1-8-6-7-19-15-12(8)20-14(9(2)18)21(15)13-10(16)4-3-5-11(13)17/h3-7,9H,1-2H3. The lowest BCUT2D eigenvalue weighted by Crippen LogP contribution is -2.04. The van der Waals surface area contributed by atoms with Gasteiger partial charge in [0.1, 0.15) is 11.3 Å². The van der Waals surface area contributed by atoms with E-state index in [1.165, 1.54) is 0 Å². The second kappa shape index (κ2) is 5.71. The highest BCUT2D eigenvalue weighted by atomic mass is 79.9. The van der Waals surface area contributed by atoms with Crippen molar-refractivity contribution in [3.63, 3.8) is 0 Å². The molecule has 0 fully saturated rings. The quantitative estimate of drug-likeness (QED) is 0.500. The number of benzene rings is 1. The number of hydrogen-bond acceptors (Lipinski definition) is 2. The van der Waals surface area contributed by atoms with Gasteiger partial charge in [0.15, 0.2) is 5.65 Å². The van der Waals surface area contributed by atoms with E-state index < -0.39 is 0 Å². The molecule has 0 aliphatic rings. The number of aryl methyl sites for hydroxylation is 1. The maximum absolute atomic E-state index is 6.34. The summed E-state index contributed by atoms with van der Waals surface area (Å²) >= 11 is 13.6. The molecule has 21 heavy (non-hydrogen) atoms. The second-order valence-corrected chi connectivity index (χ2v) is 7.16. The van der Waals surface area contributed by atoms with Gasteiger partial charge in [-0.2, -0.15) is 0 Å². The van der Waals surface area contributed by atoms with Gasteiger partial charge < -0.3 is 0 Å². The Morgan fingerprint density at radius 1 is 1.19 bits per heavy atom. The van der Waals surface area contributed by atoms with Crippen LogP contribution in [-0.4, -0.2) is 14.5 Å². The predicted molar refractivity (Wildman–Crippen MR) is 93.3 cm³/mol. The van der Waals surface area contributed by atoms with Crippen molar-refractivity contribution in [2.75, 3.05) is 0 Å². The van der Waals surface area contributed by atoms with Crippen molar-refractivity contribution >= 4 is 54.6 Å². The summed E-state index contributed by atoms with van der Waals surface area (Å²) < 4.78 is 3.92. The summed E-state index contributed by atoms with van der Waals surface area (Å²) in [5.41, 5.74) is 3.73. The van der Waals surface area contributed by atoms with Crippen LogP contribution in [0.1, 0.15) is 23.7 Å². The number of fused-ring (bicyclic) bond motifs is 1. The molecule has 1 unspecified atom stereocenters. The average Bonchev–Trinajstić information content (AvgIpc) is 2.80. The van der Waals surface area contributed by atoms with Gasteiger partial charge in [-0.05, 0) is 69.5 Å². The molecule has 0 saturated carbocycles.